The van der Waals surface area contributed by atoms with E-state index in [2.05, 4.69) is 13.1 Å². The van der Waals surface area contributed by atoms with Crippen LogP contribution in [0.4, 0.5) is 10.1 Å². The van der Waals surface area contributed by atoms with E-state index in [0.717, 1.165) is 36.3 Å². The molecular formula is C22H25FN3O2+. The van der Waals surface area contributed by atoms with E-state index in [1.54, 1.807) is 0 Å². The molecule has 4 rings (SSSR count). The van der Waals surface area contributed by atoms with Crippen molar-refractivity contribution >= 4 is 17.5 Å². The summed E-state index contributed by atoms with van der Waals surface area (Å²) in [7, 11) is 2.06. The monoisotopic (exact) mass is 382 g/mol. The Morgan fingerprint density at radius 2 is 1.93 bits per heavy atom. The van der Waals surface area contributed by atoms with Gasteiger partial charge in [-0.1, -0.05) is 17.7 Å². The van der Waals surface area contributed by atoms with Crippen molar-refractivity contribution in [2.75, 3.05) is 31.6 Å². The van der Waals surface area contributed by atoms with Gasteiger partial charge in [0.2, 0.25) is 0 Å². The van der Waals surface area contributed by atoms with Crippen molar-refractivity contribution in [2.45, 2.75) is 25.3 Å². The number of halogens is 1. The molecule has 2 amide bonds. The first-order valence-electron chi connectivity index (χ1n) is 9.59. The smallest absolute Gasteiger partial charge is 0.272 e. The first-order valence-corrected chi connectivity index (χ1v) is 9.59. The van der Waals surface area contributed by atoms with Crippen LogP contribution in [-0.4, -0.2) is 49.0 Å². The van der Waals surface area contributed by atoms with Gasteiger partial charge < -0.3 is 15.1 Å². The van der Waals surface area contributed by atoms with E-state index in [1.165, 1.54) is 24.3 Å². The SMILES string of the molecule is Cc1ccc2c(c1)[C@H]1C[N+](C)(CC(N)=O)CC[C@@H]1N2C(=O)c1ccc(F)cc1. The summed E-state index contributed by atoms with van der Waals surface area (Å²) in [5, 5.41) is 0. The van der Waals surface area contributed by atoms with Gasteiger partial charge in [-0.3, -0.25) is 9.59 Å². The number of benzene rings is 2. The lowest BCUT2D eigenvalue weighted by molar-refractivity contribution is -0.907. The predicted octanol–water partition coefficient (Wildman–Crippen LogP) is 2.58. The zero-order valence-corrected chi connectivity index (χ0v) is 16.2. The maximum absolute atomic E-state index is 13.3. The molecule has 2 heterocycles. The molecule has 5 nitrogen and oxygen atoms in total. The number of nitrogens with zero attached hydrogens (tertiary/aromatic N) is 2. The molecule has 2 N–H and O–H groups in total. The number of primary amides is 1. The number of fused-ring (bicyclic) bond motifs is 3. The molecular weight excluding hydrogens is 357 g/mol. The largest absolute Gasteiger partial charge is 0.365 e. The van der Waals surface area contributed by atoms with Gasteiger partial charge in [0.15, 0.2) is 6.54 Å². The number of quaternary nitrogens is 1. The Morgan fingerprint density at radius 1 is 1.21 bits per heavy atom. The lowest BCUT2D eigenvalue weighted by Gasteiger charge is -2.43. The molecule has 2 aromatic rings. The zero-order valence-electron chi connectivity index (χ0n) is 16.2. The van der Waals surface area contributed by atoms with Crippen molar-refractivity contribution in [3.05, 3.63) is 65.0 Å². The number of amides is 2. The minimum absolute atomic E-state index is 0.0356. The van der Waals surface area contributed by atoms with Gasteiger partial charge in [-0.25, -0.2) is 4.39 Å². The van der Waals surface area contributed by atoms with Crippen LogP contribution in [0.3, 0.4) is 0 Å². The summed E-state index contributed by atoms with van der Waals surface area (Å²) >= 11 is 0. The second-order valence-corrected chi connectivity index (χ2v) is 8.36. The number of anilines is 1. The van der Waals surface area contributed by atoms with E-state index in [9.17, 15) is 14.0 Å². The molecule has 2 aliphatic rings. The van der Waals surface area contributed by atoms with Crippen molar-refractivity contribution in [1.82, 2.24) is 0 Å². The van der Waals surface area contributed by atoms with E-state index >= 15 is 0 Å². The van der Waals surface area contributed by atoms with Crippen LogP contribution in [-0.2, 0) is 4.79 Å². The Bertz CT molecular complexity index is 943. The van der Waals surface area contributed by atoms with Gasteiger partial charge in [0.25, 0.3) is 11.8 Å². The van der Waals surface area contributed by atoms with Crippen LogP contribution in [0, 0.1) is 12.7 Å². The summed E-state index contributed by atoms with van der Waals surface area (Å²) in [6.07, 6.45) is 0.787. The second-order valence-electron chi connectivity index (χ2n) is 8.36. The van der Waals surface area contributed by atoms with Gasteiger partial charge in [-0.15, -0.1) is 0 Å². The Balaban J connectivity index is 1.73. The van der Waals surface area contributed by atoms with Crippen LogP contribution in [0.2, 0.25) is 0 Å². The molecule has 3 atom stereocenters. The summed E-state index contributed by atoms with van der Waals surface area (Å²) in [6.45, 7) is 3.89. The van der Waals surface area contributed by atoms with Crippen LogP contribution in [0.25, 0.3) is 0 Å². The molecule has 6 heteroatoms. The first kappa shape index (κ1) is 18.6. The highest BCUT2D eigenvalue weighted by Gasteiger charge is 2.49. The molecule has 28 heavy (non-hydrogen) atoms. The molecule has 1 saturated heterocycles. The molecule has 0 spiro atoms. The molecule has 0 radical (unpaired) electrons. The summed E-state index contributed by atoms with van der Waals surface area (Å²) in [5.74, 6) is -0.618. The Labute approximate surface area is 164 Å². The molecule has 2 aromatic carbocycles. The minimum Gasteiger partial charge on any atom is -0.365 e. The van der Waals surface area contributed by atoms with Crippen molar-refractivity contribution < 1.29 is 18.5 Å². The minimum atomic E-state index is -0.357. The van der Waals surface area contributed by atoms with E-state index in [4.69, 9.17) is 5.73 Å². The molecule has 2 aliphatic heterocycles. The van der Waals surface area contributed by atoms with E-state index < -0.39 is 0 Å². The van der Waals surface area contributed by atoms with Gasteiger partial charge in [0, 0.05) is 17.7 Å². The maximum atomic E-state index is 13.3. The third kappa shape index (κ3) is 3.18. The number of hydrogen-bond acceptors (Lipinski definition) is 2. The predicted molar refractivity (Wildman–Crippen MR) is 106 cm³/mol. The molecule has 1 unspecified atom stereocenters. The van der Waals surface area contributed by atoms with Crippen LogP contribution < -0.4 is 10.6 Å². The van der Waals surface area contributed by atoms with Crippen molar-refractivity contribution in [3.63, 3.8) is 0 Å². The highest BCUT2D eigenvalue weighted by atomic mass is 19.1. The normalized spacial score (nSPS) is 25.9. The van der Waals surface area contributed by atoms with Gasteiger partial charge in [0.1, 0.15) is 5.82 Å². The summed E-state index contributed by atoms with van der Waals surface area (Å²) < 4.78 is 13.9. The Kier molecular flexibility index (Phi) is 4.46. The molecule has 0 bridgehead atoms. The zero-order chi connectivity index (χ0) is 20.1. The number of likely N-dealkylation sites (tertiary alicyclic amines) is 1. The van der Waals surface area contributed by atoms with Crippen LogP contribution >= 0.6 is 0 Å². The number of hydrogen-bond donors (Lipinski definition) is 1. The average molecular weight is 382 g/mol. The van der Waals surface area contributed by atoms with Crippen LogP contribution in [0.15, 0.2) is 42.5 Å². The second kappa shape index (κ2) is 6.71. The molecule has 1 fully saturated rings. The number of carbonyl (C=O) groups excluding carboxylic acids is 2. The lowest BCUT2D eigenvalue weighted by atomic mass is 9.87. The maximum Gasteiger partial charge on any atom is 0.272 e. The van der Waals surface area contributed by atoms with Crippen molar-refractivity contribution in [1.29, 1.82) is 0 Å². The van der Waals surface area contributed by atoms with Gasteiger partial charge in [-0.2, -0.15) is 0 Å². The number of rotatable bonds is 3. The highest BCUT2D eigenvalue weighted by Crippen LogP contribution is 2.46. The number of nitrogens with two attached hydrogens (primary N) is 1. The quantitative estimate of drug-likeness (QED) is 0.830. The summed E-state index contributed by atoms with van der Waals surface area (Å²) in [6, 6.07) is 11.9. The van der Waals surface area contributed by atoms with Crippen LogP contribution in [0.5, 0.6) is 0 Å². The fourth-order valence-corrected chi connectivity index (χ4v) is 4.83. The molecule has 0 aliphatic carbocycles. The third-order valence-corrected chi connectivity index (χ3v) is 6.09. The fourth-order valence-electron chi connectivity index (χ4n) is 4.83. The summed E-state index contributed by atoms with van der Waals surface area (Å²) in [4.78, 5) is 26.8. The van der Waals surface area contributed by atoms with Gasteiger partial charge >= 0.3 is 0 Å². The van der Waals surface area contributed by atoms with Crippen LogP contribution in [0.1, 0.15) is 33.8 Å². The molecule has 0 saturated carbocycles. The van der Waals surface area contributed by atoms with Crippen molar-refractivity contribution in [2.24, 2.45) is 5.73 Å². The summed E-state index contributed by atoms with van der Waals surface area (Å²) in [5.41, 5.74) is 9.17. The Hall–Kier alpha value is -2.73. The lowest BCUT2D eigenvalue weighted by Crippen LogP contribution is -2.59. The molecule has 146 valence electrons. The highest BCUT2D eigenvalue weighted by molar-refractivity contribution is 6.08. The molecule has 0 aromatic heterocycles. The average Bonchev–Trinajstić information content (AvgIpc) is 2.93. The number of piperidine rings is 1. The van der Waals surface area contributed by atoms with Gasteiger partial charge in [-0.05, 0) is 42.8 Å². The van der Waals surface area contributed by atoms with E-state index in [1.807, 2.05) is 24.0 Å². The first-order chi connectivity index (χ1) is 13.3. The third-order valence-electron chi connectivity index (χ3n) is 6.09. The fraction of sp³-hybridized carbons (Fsp3) is 0.364. The number of carbonyl (C=O) groups is 2. The topological polar surface area (TPSA) is 63.4 Å². The standard InChI is InChI=1S/C22H24FN3O2/c1-14-3-8-19-17(11-14)18-12-26(2,13-21(24)27)10-9-20(18)25(19)22(28)15-4-6-16(23)7-5-15/h3-8,11,18,20H,9-10,12-13H2,1-2H3,(H-,24,27)/p+1/t18-,20+,26?/m1/s1. The Morgan fingerprint density at radius 3 is 2.61 bits per heavy atom. The number of aryl methyl sites for hydroxylation is 1. The van der Waals surface area contributed by atoms with E-state index in [0.29, 0.717) is 16.6 Å². The van der Waals surface area contributed by atoms with Crippen molar-refractivity contribution in [3.8, 4) is 0 Å². The van der Waals surface area contributed by atoms with E-state index in [-0.39, 0.29) is 29.6 Å². The number of likely N-dealkylation sites (N-methyl/N-ethyl adjacent to an activating group) is 1. The van der Waals surface area contributed by atoms with Gasteiger partial charge in [0.05, 0.1) is 32.1 Å².